The molecule has 1 fully saturated rings. The largest absolute Gasteiger partial charge is 0.314 e. The van der Waals surface area contributed by atoms with Crippen LogP contribution >= 0.6 is 0 Å². The van der Waals surface area contributed by atoms with Crippen molar-refractivity contribution in [2.45, 2.75) is 65.0 Å². The third kappa shape index (κ3) is 3.70. The van der Waals surface area contributed by atoms with Crippen molar-refractivity contribution < 1.29 is 4.79 Å². The molecular weight excluding hydrogens is 272 g/mol. The standard InChI is InChI=1S/C19H30N2O/c1-5-6-14-21-16(3)11-9-13-18(21)19(22)20(4)17-12-8-7-10-15(17)2/h7-8,10,12,16,18H,5-6,9,11,13-14H2,1-4H3. The zero-order chi connectivity index (χ0) is 16.1. The number of anilines is 1. The van der Waals surface area contributed by atoms with Crippen LogP contribution in [0.2, 0.25) is 0 Å². The van der Waals surface area contributed by atoms with Crippen LogP contribution in [0.1, 0.15) is 51.5 Å². The van der Waals surface area contributed by atoms with Gasteiger partial charge in [0.15, 0.2) is 0 Å². The lowest BCUT2D eigenvalue weighted by Crippen LogP contribution is -2.53. The molecule has 0 saturated carbocycles. The number of hydrogen-bond donors (Lipinski definition) is 0. The Bertz CT molecular complexity index is 500. The number of carbonyl (C=O) groups is 1. The van der Waals surface area contributed by atoms with Gasteiger partial charge >= 0.3 is 0 Å². The molecule has 1 amide bonds. The van der Waals surface area contributed by atoms with E-state index in [2.05, 4.69) is 31.7 Å². The van der Waals surface area contributed by atoms with Crippen LogP contribution in [0.15, 0.2) is 24.3 Å². The highest BCUT2D eigenvalue weighted by Crippen LogP contribution is 2.27. The number of aryl methyl sites for hydroxylation is 1. The molecule has 0 aliphatic carbocycles. The molecule has 1 aromatic carbocycles. The number of unbranched alkanes of at least 4 members (excludes halogenated alkanes) is 1. The second kappa shape index (κ2) is 7.77. The molecule has 122 valence electrons. The summed E-state index contributed by atoms with van der Waals surface area (Å²) >= 11 is 0. The van der Waals surface area contributed by atoms with Crippen molar-refractivity contribution in [2.75, 3.05) is 18.5 Å². The predicted molar refractivity (Wildman–Crippen MR) is 93.3 cm³/mol. The van der Waals surface area contributed by atoms with Gasteiger partial charge in [0.2, 0.25) is 5.91 Å². The molecule has 0 bridgehead atoms. The fourth-order valence-electron chi connectivity index (χ4n) is 3.51. The molecule has 1 saturated heterocycles. The molecule has 1 heterocycles. The van der Waals surface area contributed by atoms with E-state index in [1.165, 1.54) is 19.3 Å². The van der Waals surface area contributed by atoms with Crippen LogP contribution in [0, 0.1) is 6.92 Å². The third-order valence-electron chi connectivity index (χ3n) is 4.93. The minimum Gasteiger partial charge on any atom is -0.314 e. The molecule has 1 aliphatic rings. The summed E-state index contributed by atoms with van der Waals surface area (Å²) in [5.41, 5.74) is 2.18. The SMILES string of the molecule is CCCCN1C(C)CCCC1C(=O)N(C)c1ccccc1C. The summed E-state index contributed by atoms with van der Waals surface area (Å²) in [5.74, 6) is 0.247. The van der Waals surface area contributed by atoms with E-state index in [1.54, 1.807) is 0 Å². The molecule has 0 spiro atoms. The van der Waals surface area contributed by atoms with E-state index in [-0.39, 0.29) is 11.9 Å². The molecule has 22 heavy (non-hydrogen) atoms. The average Bonchev–Trinajstić information content (AvgIpc) is 2.52. The van der Waals surface area contributed by atoms with Gasteiger partial charge in [-0.3, -0.25) is 9.69 Å². The first-order valence-corrected chi connectivity index (χ1v) is 8.65. The topological polar surface area (TPSA) is 23.6 Å². The predicted octanol–water partition coefficient (Wildman–Crippen LogP) is 4.00. The Kier molecular flexibility index (Phi) is 6.01. The number of rotatable bonds is 5. The monoisotopic (exact) mass is 302 g/mol. The van der Waals surface area contributed by atoms with E-state index in [0.717, 1.165) is 30.6 Å². The number of benzene rings is 1. The van der Waals surface area contributed by atoms with E-state index in [0.29, 0.717) is 6.04 Å². The van der Waals surface area contributed by atoms with Gasteiger partial charge in [0.1, 0.15) is 0 Å². The first-order chi connectivity index (χ1) is 10.6. The maximum atomic E-state index is 13.1. The number of likely N-dealkylation sites (N-methyl/N-ethyl adjacent to an activating group) is 1. The van der Waals surface area contributed by atoms with E-state index in [4.69, 9.17) is 0 Å². The number of amides is 1. The van der Waals surface area contributed by atoms with Gasteiger partial charge in [0.05, 0.1) is 6.04 Å². The van der Waals surface area contributed by atoms with Gasteiger partial charge in [-0.05, 0) is 57.7 Å². The van der Waals surface area contributed by atoms with Crippen LogP contribution in [-0.4, -0.2) is 36.5 Å². The molecule has 2 unspecified atom stereocenters. The quantitative estimate of drug-likeness (QED) is 0.820. The van der Waals surface area contributed by atoms with Crippen LogP contribution in [0.5, 0.6) is 0 Å². The van der Waals surface area contributed by atoms with Gasteiger partial charge < -0.3 is 4.90 Å². The molecule has 3 heteroatoms. The smallest absolute Gasteiger partial charge is 0.244 e. The Morgan fingerprint density at radius 2 is 2.05 bits per heavy atom. The van der Waals surface area contributed by atoms with Gasteiger partial charge in [0, 0.05) is 18.8 Å². The maximum absolute atomic E-state index is 13.1. The summed E-state index contributed by atoms with van der Waals surface area (Å²) in [6, 6.07) is 8.69. The summed E-state index contributed by atoms with van der Waals surface area (Å²) in [5, 5.41) is 0. The van der Waals surface area contributed by atoms with Gasteiger partial charge in [0.25, 0.3) is 0 Å². The van der Waals surface area contributed by atoms with Crippen molar-refractivity contribution in [1.82, 2.24) is 4.90 Å². The van der Waals surface area contributed by atoms with E-state index < -0.39 is 0 Å². The minimum absolute atomic E-state index is 0.0416. The Morgan fingerprint density at radius 1 is 1.32 bits per heavy atom. The number of nitrogens with zero attached hydrogens (tertiary/aromatic N) is 2. The van der Waals surface area contributed by atoms with Crippen LogP contribution in [0.4, 0.5) is 5.69 Å². The zero-order valence-corrected chi connectivity index (χ0v) is 14.5. The van der Waals surface area contributed by atoms with Gasteiger partial charge in [-0.2, -0.15) is 0 Å². The van der Waals surface area contributed by atoms with Gasteiger partial charge in [-0.1, -0.05) is 31.5 Å². The summed E-state index contributed by atoms with van der Waals surface area (Å²) in [7, 11) is 1.92. The third-order valence-corrected chi connectivity index (χ3v) is 4.93. The Morgan fingerprint density at radius 3 is 2.73 bits per heavy atom. The number of para-hydroxylation sites is 1. The molecule has 0 aromatic heterocycles. The minimum atomic E-state index is 0.0416. The molecular formula is C19H30N2O. The fraction of sp³-hybridized carbons (Fsp3) is 0.632. The molecule has 3 nitrogen and oxygen atoms in total. The normalized spacial score (nSPS) is 22.5. The van der Waals surface area contributed by atoms with Crippen LogP contribution in [0.3, 0.4) is 0 Å². The second-order valence-corrected chi connectivity index (χ2v) is 6.57. The number of piperidine rings is 1. The first-order valence-electron chi connectivity index (χ1n) is 8.65. The van der Waals surface area contributed by atoms with E-state index >= 15 is 0 Å². The van der Waals surface area contributed by atoms with Crippen LogP contribution in [0.25, 0.3) is 0 Å². The second-order valence-electron chi connectivity index (χ2n) is 6.57. The molecule has 2 atom stereocenters. The zero-order valence-electron chi connectivity index (χ0n) is 14.5. The molecule has 0 radical (unpaired) electrons. The Hall–Kier alpha value is -1.35. The van der Waals surface area contributed by atoms with E-state index in [9.17, 15) is 4.79 Å². The van der Waals surface area contributed by atoms with Gasteiger partial charge in [-0.15, -0.1) is 0 Å². The highest BCUT2D eigenvalue weighted by Gasteiger charge is 2.34. The molecule has 1 aliphatic heterocycles. The lowest BCUT2D eigenvalue weighted by Gasteiger charge is -2.41. The first kappa shape index (κ1) is 17.0. The number of carbonyl (C=O) groups excluding carboxylic acids is 1. The molecule has 1 aromatic rings. The summed E-state index contributed by atoms with van der Waals surface area (Å²) in [4.78, 5) is 17.3. The van der Waals surface area contributed by atoms with Crippen molar-refractivity contribution in [3.63, 3.8) is 0 Å². The van der Waals surface area contributed by atoms with Crippen molar-refractivity contribution in [2.24, 2.45) is 0 Å². The molecule has 0 N–H and O–H groups in total. The van der Waals surface area contributed by atoms with Crippen molar-refractivity contribution in [3.05, 3.63) is 29.8 Å². The van der Waals surface area contributed by atoms with Gasteiger partial charge in [-0.25, -0.2) is 0 Å². The van der Waals surface area contributed by atoms with Crippen LogP contribution in [-0.2, 0) is 4.79 Å². The summed E-state index contributed by atoms with van der Waals surface area (Å²) < 4.78 is 0. The Balaban J connectivity index is 2.16. The number of likely N-dealkylation sites (tertiary alicyclic amines) is 1. The lowest BCUT2D eigenvalue weighted by atomic mass is 9.94. The van der Waals surface area contributed by atoms with Crippen molar-refractivity contribution in [3.8, 4) is 0 Å². The fourth-order valence-corrected chi connectivity index (χ4v) is 3.51. The summed E-state index contributed by atoms with van der Waals surface area (Å²) in [6.07, 6.45) is 5.70. The van der Waals surface area contributed by atoms with Crippen LogP contribution < -0.4 is 4.90 Å². The van der Waals surface area contributed by atoms with E-state index in [1.807, 2.05) is 30.1 Å². The summed E-state index contributed by atoms with van der Waals surface area (Å²) in [6.45, 7) is 7.58. The molecule has 2 rings (SSSR count). The van der Waals surface area contributed by atoms with Crippen molar-refractivity contribution >= 4 is 11.6 Å². The van der Waals surface area contributed by atoms with Crippen molar-refractivity contribution in [1.29, 1.82) is 0 Å². The highest BCUT2D eigenvalue weighted by molar-refractivity contribution is 5.97. The lowest BCUT2D eigenvalue weighted by molar-refractivity contribution is -0.126. The number of hydrogen-bond acceptors (Lipinski definition) is 2. The average molecular weight is 302 g/mol. The Labute approximate surface area is 135 Å². The maximum Gasteiger partial charge on any atom is 0.244 e. The highest BCUT2D eigenvalue weighted by atomic mass is 16.2.